The fourth-order valence-corrected chi connectivity index (χ4v) is 6.01. The number of hydrogen-bond acceptors (Lipinski definition) is 4. The molecular formula is C25H24N2O4S. The molecular weight excluding hydrogens is 424 g/mol. The first kappa shape index (κ1) is 20.7. The van der Waals surface area contributed by atoms with Crippen LogP contribution in [0.4, 0.5) is 5.69 Å². The van der Waals surface area contributed by atoms with Gasteiger partial charge in [0.15, 0.2) is 0 Å². The van der Waals surface area contributed by atoms with Gasteiger partial charge in [-0.05, 0) is 41.5 Å². The quantitative estimate of drug-likeness (QED) is 0.651. The third-order valence-electron chi connectivity index (χ3n) is 6.32. The number of hydrogen-bond donors (Lipinski definition) is 1. The number of nitrogens with zero attached hydrogens (tertiary/aromatic N) is 2. The number of carbonyl (C=O) groups excluding carboxylic acids is 1. The van der Waals surface area contributed by atoms with Crippen molar-refractivity contribution in [3.05, 3.63) is 95.6 Å². The average molecular weight is 449 g/mol. The number of carbonyl (C=O) groups is 1. The van der Waals surface area contributed by atoms with Crippen molar-refractivity contribution in [3.63, 3.8) is 0 Å². The summed E-state index contributed by atoms with van der Waals surface area (Å²) >= 11 is 0. The van der Waals surface area contributed by atoms with Crippen molar-refractivity contribution >= 4 is 21.6 Å². The summed E-state index contributed by atoms with van der Waals surface area (Å²) in [5, 5.41) is 9.14. The van der Waals surface area contributed by atoms with E-state index in [-0.39, 0.29) is 29.2 Å². The molecule has 1 unspecified atom stereocenters. The lowest BCUT2D eigenvalue weighted by Crippen LogP contribution is -2.51. The Morgan fingerprint density at radius 2 is 1.53 bits per heavy atom. The van der Waals surface area contributed by atoms with E-state index in [2.05, 4.69) is 0 Å². The Morgan fingerprint density at radius 1 is 0.875 bits per heavy atom. The van der Waals surface area contributed by atoms with Gasteiger partial charge in [-0.1, -0.05) is 48.5 Å². The fourth-order valence-electron chi connectivity index (χ4n) is 4.50. The first-order chi connectivity index (χ1) is 15.5. The van der Waals surface area contributed by atoms with Crippen molar-refractivity contribution < 1.29 is 18.3 Å². The highest BCUT2D eigenvalue weighted by Crippen LogP contribution is 2.42. The fraction of sp³-hybridized carbons (Fsp3) is 0.240. The van der Waals surface area contributed by atoms with Crippen molar-refractivity contribution in [1.82, 2.24) is 4.90 Å². The van der Waals surface area contributed by atoms with Crippen LogP contribution in [-0.2, 0) is 10.0 Å². The molecule has 2 aliphatic heterocycles. The Balaban J connectivity index is 1.42. The maximum Gasteiger partial charge on any atom is 0.264 e. The van der Waals surface area contributed by atoms with Gasteiger partial charge in [-0.2, -0.15) is 0 Å². The molecule has 6 nitrogen and oxygen atoms in total. The number of aliphatic hydroxyl groups is 1. The van der Waals surface area contributed by atoms with Crippen LogP contribution in [0.5, 0.6) is 0 Å². The molecule has 2 heterocycles. The van der Waals surface area contributed by atoms with E-state index >= 15 is 0 Å². The molecule has 5 rings (SSSR count). The van der Waals surface area contributed by atoms with E-state index in [1.54, 1.807) is 17.0 Å². The molecule has 164 valence electrons. The number of fused-ring (bicyclic) bond motifs is 1. The predicted octanol–water partition coefficient (Wildman–Crippen LogP) is 3.09. The van der Waals surface area contributed by atoms with Gasteiger partial charge in [0.1, 0.15) is 0 Å². The molecule has 3 aromatic carbocycles. The number of sulfonamides is 1. The molecule has 1 amide bonds. The topological polar surface area (TPSA) is 77.9 Å². The smallest absolute Gasteiger partial charge is 0.264 e. The first-order valence-corrected chi connectivity index (χ1v) is 12.1. The van der Waals surface area contributed by atoms with Crippen molar-refractivity contribution in [2.24, 2.45) is 5.92 Å². The Bertz CT molecular complexity index is 1240. The van der Waals surface area contributed by atoms with Crippen molar-refractivity contribution in [2.45, 2.75) is 10.8 Å². The van der Waals surface area contributed by atoms with Crippen LogP contribution in [0.25, 0.3) is 0 Å². The zero-order chi connectivity index (χ0) is 22.3. The van der Waals surface area contributed by atoms with Crippen LogP contribution in [0.15, 0.2) is 83.8 Å². The number of aliphatic hydroxyl groups excluding tert-OH is 1. The minimum absolute atomic E-state index is 0.0334. The monoisotopic (exact) mass is 448 g/mol. The largest absolute Gasteiger partial charge is 0.396 e. The highest BCUT2D eigenvalue weighted by atomic mass is 32.2. The molecule has 1 fully saturated rings. The van der Waals surface area contributed by atoms with Gasteiger partial charge in [0, 0.05) is 43.6 Å². The number of benzene rings is 3. The summed E-state index contributed by atoms with van der Waals surface area (Å²) in [5.41, 5.74) is 3.21. The summed E-state index contributed by atoms with van der Waals surface area (Å²) in [6.45, 7) is 1.46. The van der Waals surface area contributed by atoms with Crippen LogP contribution >= 0.6 is 0 Å². The third-order valence-corrected chi connectivity index (χ3v) is 8.12. The van der Waals surface area contributed by atoms with E-state index in [1.807, 2.05) is 54.6 Å². The Hall–Kier alpha value is -3.16. The minimum Gasteiger partial charge on any atom is -0.396 e. The lowest BCUT2D eigenvalue weighted by atomic mass is 9.93. The minimum atomic E-state index is -3.78. The highest BCUT2D eigenvalue weighted by molar-refractivity contribution is 7.92. The number of anilines is 1. The summed E-state index contributed by atoms with van der Waals surface area (Å²) in [6, 6.07) is 23.7. The van der Waals surface area contributed by atoms with Crippen molar-refractivity contribution in [1.29, 1.82) is 0 Å². The number of rotatable bonds is 5. The Morgan fingerprint density at radius 3 is 2.22 bits per heavy atom. The van der Waals surface area contributed by atoms with Gasteiger partial charge < -0.3 is 10.0 Å². The summed E-state index contributed by atoms with van der Waals surface area (Å²) in [5.74, 6) is -0.0467. The van der Waals surface area contributed by atoms with Crippen LogP contribution in [0.1, 0.15) is 27.4 Å². The zero-order valence-electron chi connectivity index (χ0n) is 17.5. The second kappa shape index (κ2) is 8.07. The summed E-state index contributed by atoms with van der Waals surface area (Å²) in [4.78, 5) is 14.4. The van der Waals surface area contributed by atoms with Gasteiger partial charge in [-0.25, -0.2) is 8.42 Å². The lowest BCUT2D eigenvalue weighted by Gasteiger charge is -2.38. The van der Waals surface area contributed by atoms with Crippen LogP contribution in [0, 0.1) is 5.92 Å². The van der Waals surface area contributed by atoms with E-state index < -0.39 is 10.0 Å². The lowest BCUT2D eigenvalue weighted by molar-refractivity contribution is 0.0362. The van der Waals surface area contributed by atoms with Crippen LogP contribution < -0.4 is 4.31 Å². The SMILES string of the molecule is O=C(c1ccc(S(=O)(=O)N2CC(c3ccccc3)c3ccccc32)cc1)N1CC(CO)C1. The standard InChI is InChI=1S/C25H24N2O4S/c28-17-18-14-26(15-18)25(29)20-10-12-21(13-11-20)32(30,31)27-16-23(19-6-2-1-3-7-19)22-8-4-5-9-24(22)27/h1-13,18,23,28H,14-17H2. The second-order valence-corrected chi connectivity index (χ2v) is 10.2. The predicted molar refractivity (Wildman–Crippen MR) is 122 cm³/mol. The van der Waals surface area contributed by atoms with E-state index in [1.165, 1.54) is 16.4 Å². The average Bonchev–Trinajstić information content (AvgIpc) is 3.20. The third kappa shape index (κ3) is 3.47. The van der Waals surface area contributed by atoms with Crippen LogP contribution in [0.3, 0.4) is 0 Å². The highest BCUT2D eigenvalue weighted by Gasteiger charge is 2.37. The first-order valence-electron chi connectivity index (χ1n) is 10.7. The normalized spacial score (nSPS) is 18.3. The van der Waals surface area contributed by atoms with Gasteiger partial charge in [-0.15, -0.1) is 0 Å². The summed E-state index contributed by atoms with van der Waals surface area (Å²) < 4.78 is 28.6. The van der Waals surface area contributed by atoms with E-state index in [4.69, 9.17) is 5.11 Å². The molecule has 32 heavy (non-hydrogen) atoms. The molecule has 0 aliphatic carbocycles. The molecule has 0 saturated carbocycles. The number of para-hydroxylation sites is 1. The molecule has 3 aromatic rings. The molecule has 0 bridgehead atoms. The zero-order valence-corrected chi connectivity index (χ0v) is 18.3. The maximum absolute atomic E-state index is 13.5. The van der Waals surface area contributed by atoms with E-state index in [9.17, 15) is 13.2 Å². The van der Waals surface area contributed by atoms with E-state index in [0.29, 0.717) is 30.9 Å². The molecule has 1 saturated heterocycles. The molecule has 1 atom stereocenters. The second-order valence-electron chi connectivity index (χ2n) is 8.34. The molecule has 2 aliphatic rings. The Kier molecular flexibility index (Phi) is 5.23. The molecule has 0 radical (unpaired) electrons. The summed E-state index contributed by atoms with van der Waals surface area (Å²) in [6.07, 6.45) is 0. The molecule has 0 aromatic heterocycles. The summed E-state index contributed by atoms with van der Waals surface area (Å²) in [7, 11) is -3.78. The van der Waals surface area contributed by atoms with Crippen LogP contribution in [0.2, 0.25) is 0 Å². The number of amides is 1. The maximum atomic E-state index is 13.5. The van der Waals surface area contributed by atoms with Gasteiger partial charge in [0.05, 0.1) is 10.6 Å². The van der Waals surface area contributed by atoms with E-state index in [0.717, 1.165) is 11.1 Å². The molecule has 7 heteroatoms. The van der Waals surface area contributed by atoms with Gasteiger partial charge in [0.25, 0.3) is 15.9 Å². The van der Waals surface area contributed by atoms with Gasteiger partial charge >= 0.3 is 0 Å². The van der Waals surface area contributed by atoms with Crippen LogP contribution in [-0.4, -0.2) is 50.6 Å². The Labute approximate surface area is 187 Å². The van der Waals surface area contributed by atoms with Gasteiger partial charge in [-0.3, -0.25) is 9.10 Å². The van der Waals surface area contributed by atoms with Crippen molar-refractivity contribution in [2.75, 3.05) is 30.5 Å². The molecule has 1 N–H and O–H groups in total. The van der Waals surface area contributed by atoms with Crippen molar-refractivity contribution in [3.8, 4) is 0 Å². The number of likely N-dealkylation sites (tertiary alicyclic amines) is 1. The van der Waals surface area contributed by atoms with Gasteiger partial charge in [0.2, 0.25) is 0 Å². The molecule has 0 spiro atoms.